The van der Waals surface area contributed by atoms with E-state index < -0.39 is 11.9 Å². The number of nitrogens with zero attached hydrogens (tertiary/aromatic N) is 4. The summed E-state index contributed by atoms with van der Waals surface area (Å²) < 4.78 is 7.74. The van der Waals surface area contributed by atoms with E-state index in [4.69, 9.17) is 38.0 Å². The zero-order chi connectivity index (χ0) is 26.7. The summed E-state index contributed by atoms with van der Waals surface area (Å²) in [6.45, 7) is 8.55. The SMILES string of the molecule is C[C@@H](CCOc1ccc(-c2nc3c(NC(C)(C)C)ncnc3n2Cc2cccc(Cl)c2)c(Cl)c1)C(=O)O. The smallest absolute Gasteiger partial charge is 0.306 e. The molecule has 4 aromatic rings. The Kier molecular flexibility index (Phi) is 7.90. The molecular formula is C27H29Cl2N5O3. The van der Waals surface area contributed by atoms with Crippen molar-refractivity contribution in [3.63, 3.8) is 0 Å². The lowest BCUT2D eigenvalue weighted by Gasteiger charge is -2.21. The number of rotatable bonds is 9. The van der Waals surface area contributed by atoms with Crippen molar-refractivity contribution < 1.29 is 14.6 Å². The maximum absolute atomic E-state index is 11.0. The first-order chi connectivity index (χ1) is 17.5. The first kappa shape index (κ1) is 26.7. The van der Waals surface area contributed by atoms with Crippen LogP contribution in [0.5, 0.6) is 5.75 Å². The van der Waals surface area contributed by atoms with Gasteiger partial charge in [-0.3, -0.25) is 4.79 Å². The minimum Gasteiger partial charge on any atom is -0.494 e. The predicted molar refractivity (Wildman–Crippen MR) is 147 cm³/mol. The second-order valence-electron chi connectivity index (χ2n) is 9.94. The van der Waals surface area contributed by atoms with Crippen molar-refractivity contribution in [2.24, 2.45) is 5.92 Å². The highest BCUT2D eigenvalue weighted by molar-refractivity contribution is 6.33. The number of benzene rings is 2. The average molecular weight is 542 g/mol. The molecule has 0 aliphatic carbocycles. The van der Waals surface area contributed by atoms with Crippen LogP contribution in [0.15, 0.2) is 48.8 Å². The Hall–Kier alpha value is -3.36. The van der Waals surface area contributed by atoms with Gasteiger partial charge in [0.05, 0.1) is 24.1 Å². The molecule has 2 aromatic carbocycles. The van der Waals surface area contributed by atoms with Crippen molar-refractivity contribution in [1.82, 2.24) is 19.5 Å². The lowest BCUT2D eigenvalue weighted by Crippen LogP contribution is -2.26. The molecule has 0 amide bonds. The highest BCUT2D eigenvalue weighted by atomic mass is 35.5. The van der Waals surface area contributed by atoms with Crippen LogP contribution in [0.1, 0.15) is 39.7 Å². The van der Waals surface area contributed by atoms with Gasteiger partial charge in [-0.05, 0) is 63.1 Å². The Morgan fingerprint density at radius 2 is 1.95 bits per heavy atom. The number of nitrogens with one attached hydrogen (secondary N) is 1. The maximum atomic E-state index is 11.0. The number of ether oxygens (including phenoxy) is 1. The van der Waals surface area contributed by atoms with Gasteiger partial charge >= 0.3 is 5.97 Å². The number of hydrogen-bond acceptors (Lipinski definition) is 6. The third-order valence-corrected chi connectivity index (χ3v) is 6.23. The summed E-state index contributed by atoms with van der Waals surface area (Å²) in [5.74, 6) is 0.478. The van der Waals surface area contributed by atoms with Gasteiger partial charge in [0, 0.05) is 16.1 Å². The number of anilines is 1. The van der Waals surface area contributed by atoms with Crippen molar-refractivity contribution in [2.75, 3.05) is 11.9 Å². The van der Waals surface area contributed by atoms with Crippen molar-refractivity contribution >= 4 is 46.2 Å². The number of carboxylic acids is 1. The van der Waals surface area contributed by atoms with Gasteiger partial charge in [0.15, 0.2) is 17.0 Å². The summed E-state index contributed by atoms with van der Waals surface area (Å²) in [7, 11) is 0. The summed E-state index contributed by atoms with van der Waals surface area (Å²) in [5, 5.41) is 13.6. The third-order valence-electron chi connectivity index (χ3n) is 5.68. The summed E-state index contributed by atoms with van der Waals surface area (Å²) in [6, 6.07) is 13.0. The largest absolute Gasteiger partial charge is 0.494 e. The molecule has 10 heteroatoms. The molecule has 0 radical (unpaired) electrons. The second kappa shape index (κ2) is 10.9. The Morgan fingerprint density at radius 1 is 1.16 bits per heavy atom. The van der Waals surface area contributed by atoms with E-state index in [9.17, 15) is 4.79 Å². The molecule has 0 saturated heterocycles. The first-order valence-corrected chi connectivity index (χ1v) is 12.7. The molecule has 2 N–H and O–H groups in total. The molecule has 194 valence electrons. The fourth-order valence-electron chi connectivity index (χ4n) is 3.80. The van der Waals surface area contributed by atoms with E-state index in [2.05, 4.69) is 36.1 Å². The van der Waals surface area contributed by atoms with Gasteiger partial charge < -0.3 is 19.7 Å². The first-order valence-electron chi connectivity index (χ1n) is 11.9. The van der Waals surface area contributed by atoms with Crippen LogP contribution >= 0.6 is 23.2 Å². The van der Waals surface area contributed by atoms with Crippen LogP contribution in [0.4, 0.5) is 5.82 Å². The molecule has 1 atom stereocenters. The van der Waals surface area contributed by atoms with Crippen LogP contribution in [0.25, 0.3) is 22.6 Å². The molecule has 2 aromatic heterocycles. The number of carboxylic acid groups (broad SMARTS) is 1. The number of carbonyl (C=O) groups is 1. The van der Waals surface area contributed by atoms with Gasteiger partial charge in [-0.2, -0.15) is 0 Å². The molecule has 37 heavy (non-hydrogen) atoms. The molecule has 2 heterocycles. The summed E-state index contributed by atoms with van der Waals surface area (Å²) in [4.78, 5) is 25.0. The lowest BCUT2D eigenvalue weighted by molar-refractivity contribution is -0.141. The van der Waals surface area contributed by atoms with Crippen LogP contribution < -0.4 is 10.1 Å². The van der Waals surface area contributed by atoms with Gasteiger partial charge in [0.25, 0.3) is 0 Å². The number of aliphatic carboxylic acids is 1. The lowest BCUT2D eigenvalue weighted by atomic mass is 10.1. The molecule has 0 fully saturated rings. The quantitative estimate of drug-likeness (QED) is 0.247. The van der Waals surface area contributed by atoms with Crippen LogP contribution in [0.3, 0.4) is 0 Å². The predicted octanol–water partition coefficient (Wildman–Crippen LogP) is 6.55. The van der Waals surface area contributed by atoms with Gasteiger partial charge in [0.1, 0.15) is 17.9 Å². The standard InChI is InChI=1S/C27H29Cl2N5O3/c1-16(26(35)36)10-11-37-19-8-9-20(21(29)13-19)24-32-22-23(33-27(2,3)4)30-15-31-25(22)34(24)14-17-6-5-7-18(28)12-17/h5-9,12-13,15-16H,10-11,14H2,1-4H3,(H,35,36)(H,30,31,33)/t16-/m0/s1. The molecule has 0 saturated carbocycles. The normalized spacial score (nSPS) is 12.5. The summed E-state index contributed by atoms with van der Waals surface area (Å²) >= 11 is 13.0. The van der Waals surface area contributed by atoms with E-state index in [1.54, 1.807) is 19.1 Å². The molecule has 0 bridgehead atoms. The zero-order valence-electron chi connectivity index (χ0n) is 21.1. The molecule has 0 spiro atoms. The molecule has 0 unspecified atom stereocenters. The summed E-state index contributed by atoms with van der Waals surface area (Å²) in [5.41, 5.74) is 2.76. The van der Waals surface area contributed by atoms with E-state index >= 15 is 0 Å². The summed E-state index contributed by atoms with van der Waals surface area (Å²) in [6.07, 6.45) is 1.92. The Bertz CT molecular complexity index is 1430. The van der Waals surface area contributed by atoms with Gasteiger partial charge in [-0.15, -0.1) is 0 Å². The molecular weight excluding hydrogens is 513 g/mol. The number of aromatic nitrogens is 4. The van der Waals surface area contributed by atoms with Crippen molar-refractivity contribution in [3.8, 4) is 17.1 Å². The minimum atomic E-state index is -0.848. The third kappa shape index (κ3) is 6.50. The fourth-order valence-corrected chi connectivity index (χ4v) is 4.27. The monoisotopic (exact) mass is 541 g/mol. The van der Waals surface area contributed by atoms with Crippen LogP contribution in [-0.4, -0.2) is 42.7 Å². The Morgan fingerprint density at radius 3 is 2.62 bits per heavy atom. The highest BCUT2D eigenvalue weighted by Crippen LogP contribution is 2.35. The van der Waals surface area contributed by atoms with E-state index in [-0.39, 0.29) is 12.1 Å². The number of fused-ring (bicyclic) bond motifs is 1. The molecule has 0 aliphatic heterocycles. The highest BCUT2D eigenvalue weighted by Gasteiger charge is 2.22. The van der Waals surface area contributed by atoms with Crippen molar-refractivity contribution in [1.29, 1.82) is 0 Å². The fraction of sp³-hybridized carbons (Fsp3) is 0.333. The number of imidazole rings is 1. The van der Waals surface area contributed by atoms with E-state index in [0.717, 1.165) is 5.56 Å². The molecule has 4 rings (SSSR count). The average Bonchev–Trinajstić information content (AvgIpc) is 3.17. The van der Waals surface area contributed by atoms with Crippen LogP contribution in [0.2, 0.25) is 10.0 Å². The van der Waals surface area contributed by atoms with Gasteiger partial charge in [0.2, 0.25) is 0 Å². The van der Waals surface area contributed by atoms with Crippen LogP contribution in [0, 0.1) is 5.92 Å². The second-order valence-corrected chi connectivity index (χ2v) is 10.8. The number of hydrogen-bond donors (Lipinski definition) is 2. The molecule has 0 aliphatic rings. The zero-order valence-corrected chi connectivity index (χ0v) is 22.6. The van der Waals surface area contributed by atoms with E-state index in [1.807, 2.05) is 34.9 Å². The van der Waals surface area contributed by atoms with E-state index in [0.29, 0.717) is 57.1 Å². The van der Waals surface area contributed by atoms with Gasteiger partial charge in [-0.25, -0.2) is 15.0 Å². The van der Waals surface area contributed by atoms with Gasteiger partial charge in [-0.1, -0.05) is 42.3 Å². The van der Waals surface area contributed by atoms with Crippen LogP contribution in [-0.2, 0) is 11.3 Å². The minimum absolute atomic E-state index is 0.229. The van der Waals surface area contributed by atoms with Crippen molar-refractivity contribution in [2.45, 2.75) is 46.2 Å². The Labute approximate surface area is 225 Å². The van der Waals surface area contributed by atoms with Crippen molar-refractivity contribution in [3.05, 3.63) is 64.4 Å². The maximum Gasteiger partial charge on any atom is 0.306 e. The Balaban J connectivity index is 1.75. The number of halogens is 2. The topological polar surface area (TPSA) is 102 Å². The van der Waals surface area contributed by atoms with E-state index in [1.165, 1.54) is 6.33 Å². The molecule has 8 nitrogen and oxygen atoms in total.